The van der Waals surface area contributed by atoms with Gasteiger partial charge >= 0.3 is 0 Å². The molecule has 116 valence electrons. The summed E-state index contributed by atoms with van der Waals surface area (Å²) in [6.45, 7) is 3.94. The molecule has 3 rings (SSSR count). The molecular formula is C16H25FN4. The van der Waals surface area contributed by atoms with Crippen LogP contribution < -0.4 is 10.2 Å². The normalized spacial score (nSPS) is 26.7. The van der Waals surface area contributed by atoms with Crippen molar-refractivity contribution in [2.75, 3.05) is 38.6 Å². The Balaban J connectivity index is 1.79. The van der Waals surface area contributed by atoms with Crippen LogP contribution in [0.4, 0.5) is 10.2 Å². The van der Waals surface area contributed by atoms with Crippen molar-refractivity contribution in [3.63, 3.8) is 0 Å². The molecule has 2 fully saturated rings. The van der Waals surface area contributed by atoms with Crippen molar-refractivity contribution in [1.82, 2.24) is 15.2 Å². The summed E-state index contributed by atoms with van der Waals surface area (Å²) in [7, 11) is 4.13. The first-order valence-corrected chi connectivity index (χ1v) is 7.93. The van der Waals surface area contributed by atoms with Crippen molar-refractivity contribution >= 4 is 5.82 Å². The monoisotopic (exact) mass is 292 g/mol. The molecule has 0 aliphatic carbocycles. The Bertz CT molecular complexity index is 493. The van der Waals surface area contributed by atoms with Crippen LogP contribution in [0.1, 0.15) is 24.8 Å². The zero-order chi connectivity index (χ0) is 14.8. The first-order chi connectivity index (χ1) is 10.2. The molecule has 0 aromatic carbocycles. The summed E-state index contributed by atoms with van der Waals surface area (Å²) in [6.07, 6.45) is 5.10. The van der Waals surface area contributed by atoms with Crippen LogP contribution in [0.15, 0.2) is 12.3 Å². The molecule has 0 radical (unpaired) electrons. The lowest BCUT2D eigenvalue weighted by Crippen LogP contribution is -2.53. The number of hydrogen-bond acceptors (Lipinski definition) is 4. The SMILES string of the molecule is CNCc1cc(F)cnc1N1CCC2C(CCCN2C)C1. The Morgan fingerprint density at radius 2 is 2.24 bits per heavy atom. The van der Waals surface area contributed by atoms with E-state index in [0.717, 1.165) is 24.5 Å². The van der Waals surface area contributed by atoms with E-state index >= 15 is 0 Å². The fourth-order valence-corrected chi connectivity index (χ4v) is 3.92. The van der Waals surface area contributed by atoms with Crippen LogP contribution in [0.3, 0.4) is 0 Å². The van der Waals surface area contributed by atoms with E-state index in [1.165, 1.54) is 32.0 Å². The summed E-state index contributed by atoms with van der Waals surface area (Å²) in [5.41, 5.74) is 0.958. The molecule has 21 heavy (non-hydrogen) atoms. The number of nitrogens with zero attached hydrogens (tertiary/aromatic N) is 3. The van der Waals surface area contributed by atoms with E-state index in [2.05, 4.69) is 27.1 Å². The van der Waals surface area contributed by atoms with Gasteiger partial charge in [0.1, 0.15) is 11.6 Å². The van der Waals surface area contributed by atoms with Crippen LogP contribution in [0.25, 0.3) is 0 Å². The van der Waals surface area contributed by atoms with E-state index in [9.17, 15) is 4.39 Å². The number of rotatable bonds is 3. The largest absolute Gasteiger partial charge is 0.356 e. The number of halogens is 1. The molecule has 0 bridgehead atoms. The molecule has 5 heteroatoms. The van der Waals surface area contributed by atoms with E-state index in [4.69, 9.17) is 0 Å². The highest BCUT2D eigenvalue weighted by molar-refractivity contribution is 5.47. The van der Waals surface area contributed by atoms with Crippen LogP contribution >= 0.6 is 0 Å². The molecule has 1 aromatic rings. The Morgan fingerprint density at radius 3 is 3.05 bits per heavy atom. The number of likely N-dealkylation sites (tertiary alicyclic amines) is 1. The molecule has 4 nitrogen and oxygen atoms in total. The molecule has 1 aromatic heterocycles. The van der Waals surface area contributed by atoms with Gasteiger partial charge in [0.15, 0.2) is 0 Å². The van der Waals surface area contributed by atoms with E-state index in [1.54, 1.807) is 6.07 Å². The van der Waals surface area contributed by atoms with Crippen LogP contribution in [-0.4, -0.2) is 49.7 Å². The Kier molecular flexibility index (Phi) is 4.40. The van der Waals surface area contributed by atoms with E-state index in [-0.39, 0.29) is 5.82 Å². The maximum atomic E-state index is 13.4. The Hall–Kier alpha value is -1.20. The molecule has 2 atom stereocenters. The molecule has 0 saturated carbocycles. The molecule has 2 unspecified atom stereocenters. The van der Waals surface area contributed by atoms with E-state index in [1.807, 2.05) is 7.05 Å². The third kappa shape index (κ3) is 3.04. The summed E-state index contributed by atoms with van der Waals surface area (Å²) in [6, 6.07) is 2.32. The predicted octanol–water partition coefficient (Wildman–Crippen LogP) is 1.86. The van der Waals surface area contributed by atoms with Gasteiger partial charge < -0.3 is 15.1 Å². The average Bonchev–Trinajstić information content (AvgIpc) is 2.48. The minimum atomic E-state index is -0.253. The van der Waals surface area contributed by atoms with Crippen molar-refractivity contribution in [2.24, 2.45) is 5.92 Å². The standard InChI is InChI=1S/C16H25FN4/c1-18-9-13-8-14(17)10-19-16(13)21-7-5-15-12(11-21)4-3-6-20(15)2/h8,10,12,15,18H,3-7,9,11H2,1-2H3. The second kappa shape index (κ2) is 6.28. The minimum Gasteiger partial charge on any atom is -0.356 e. The topological polar surface area (TPSA) is 31.4 Å². The fraction of sp³-hybridized carbons (Fsp3) is 0.688. The summed E-state index contributed by atoms with van der Waals surface area (Å²) < 4.78 is 13.4. The molecule has 1 N–H and O–H groups in total. The highest BCUT2D eigenvalue weighted by Crippen LogP contribution is 2.32. The number of pyridine rings is 1. The van der Waals surface area contributed by atoms with Gasteiger partial charge in [-0.1, -0.05) is 0 Å². The summed E-state index contributed by atoms with van der Waals surface area (Å²) >= 11 is 0. The van der Waals surface area contributed by atoms with Gasteiger partial charge in [0, 0.05) is 31.2 Å². The molecule has 0 amide bonds. The van der Waals surface area contributed by atoms with Gasteiger partial charge in [0.25, 0.3) is 0 Å². The van der Waals surface area contributed by atoms with Crippen molar-refractivity contribution < 1.29 is 4.39 Å². The highest BCUT2D eigenvalue weighted by Gasteiger charge is 2.35. The van der Waals surface area contributed by atoms with E-state index < -0.39 is 0 Å². The lowest BCUT2D eigenvalue weighted by Gasteiger charge is -2.46. The van der Waals surface area contributed by atoms with Gasteiger partial charge in [-0.3, -0.25) is 0 Å². The van der Waals surface area contributed by atoms with Gasteiger partial charge in [0.2, 0.25) is 0 Å². The lowest BCUT2D eigenvalue weighted by atomic mass is 9.84. The highest BCUT2D eigenvalue weighted by atomic mass is 19.1. The minimum absolute atomic E-state index is 0.253. The molecule has 0 spiro atoms. The second-order valence-electron chi connectivity index (χ2n) is 6.35. The first-order valence-electron chi connectivity index (χ1n) is 7.93. The smallest absolute Gasteiger partial charge is 0.141 e. The van der Waals surface area contributed by atoms with Gasteiger partial charge in [0.05, 0.1) is 6.20 Å². The van der Waals surface area contributed by atoms with Crippen LogP contribution in [0.5, 0.6) is 0 Å². The van der Waals surface area contributed by atoms with Gasteiger partial charge in [-0.25, -0.2) is 9.37 Å². The van der Waals surface area contributed by atoms with Crippen LogP contribution in [-0.2, 0) is 6.54 Å². The van der Waals surface area contributed by atoms with Crippen molar-refractivity contribution in [2.45, 2.75) is 31.8 Å². The zero-order valence-electron chi connectivity index (χ0n) is 13.0. The zero-order valence-corrected chi connectivity index (χ0v) is 13.0. The number of anilines is 1. The maximum absolute atomic E-state index is 13.4. The number of nitrogens with one attached hydrogen (secondary N) is 1. The summed E-state index contributed by atoms with van der Waals surface area (Å²) in [5, 5.41) is 3.11. The van der Waals surface area contributed by atoms with Crippen molar-refractivity contribution in [3.8, 4) is 0 Å². The fourth-order valence-electron chi connectivity index (χ4n) is 3.92. The molecule has 2 aliphatic rings. The number of fused-ring (bicyclic) bond motifs is 1. The Labute approximate surface area is 126 Å². The predicted molar refractivity (Wildman–Crippen MR) is 82.9 cm³/mol. The van der Waals surface area contributed by atoms with Crippen molar-refractivity contribution in [3.05, 3.63) is 23.6 Å². The summed E-state index contributed by atoms with van der Waals surface area (Å²) in [5.74, 6) is 1.42. The van der Waals surface area contributed by atoms with Gasteiger partial charge in [-0.05, 0) is 51.9 Å². The third-order valence-corrected chi connectivity index (χ3v) is 4.92. The summed E-state index contributed by atoms with van der Waals surface area (Å²) in [4.78, 5) is 9.24. The van der Waals surface area contributed by atoms with E-state index in [0.29, 0.717) is 18.5 Å². The number of aromatic nitrogens is 1. The Morgan fingerprint density at radius 1 is 1.38 bits per heavy atom. The second-order valence-corrected chi connectivity index (χ2v) is 6.35. The molecule has 2 aliphatic heterocycles. The third-order valence-electron chi connectivity index (χ3n) is 4.92. The lowest BCUT2D eigenvalue weighted by molar-refractivity contribution is 0.102. The molecular weight excluding hydrogens is 267 g/mol. The average molecular weight is 292 g/mol. The van der Waals surface area contributed by atoms with Crippen LogP contribution in [0, 0.1) is 11.7 Å². The quantitative estimate of drug-likeness (QED) is 0.921. The first kappa shape index (κ1) is 14.7. The molecule has 3 heterocycles. The van der Waals surface area contributed by atoms with Crippen LogP contribution in [0.2, 0.25) is 0 Å². The number of piperidine rings is 2. The van der Waals surface area contributed by atoms with Gasteiger partial charge in [-0.15, -0.1) is 0 Å². The molecule has 2 saturated heterocycles. The van der Waals surface area contributed by atoms with Gasteiger partial charge in [-0.2, -0.15) is 0 Å². The maximum Gasteiger partial charge on any atom is 0.141 e. The van der Waals surface area contributed by atoms with Crippen molar-refractivity contribution in [1.29, 1.82) is 0 Å². The number of hydrogen-bond donors (Lipinski definition) is 1.